The van der Waals surface area contributed by atoms with Gasteiger partial charge in [-0.25, -0.2) is 0 Å². The van der Waals surface area contributed by atoms with Crippen LogP contribution in [0.4, 0.5) is 0 Å². The number of allylic oxidation sites excluding steroid dienone is 2. The summed E-state index contributed by atoms with van der Waals surface area (Å²) in [5.41, 5.74) is 2.87. The van der Waals surface area contributed by atoms with Crippen LogP contribution < -0.4 is 4.74 Å². The number of methoxy groups -OCH3 is 1. The van der Waals surface area contributed by atoms with Gasteiger partial charge in [-0.05, 0) is 60.6 Å². The van der Waals surface area contributed by atoms with Gasteiger partial charge in [0, 0.05) is 16.0 Å². The molecule has 0 amide bonds. The third-order valence-electron chi connectivity index (χ3n) is 3.79. The third kappa shape index (κ3) is 3.37. The van der Waals surface area contributed by atoms with Gasteiger partial charge in [0.1, 0.15) is 5.75 Å². The van der Waals surface area contributed by atoms with Crippen LogP contribution in [-0.4, -0.2) is 12.9 Å². The molecule has 112 valence electrons. The number of hydrogen-bond acceptors (Lipinski definition) is 3. The van der Waals surface area contributed by atoms with Gasteiger partial charge in [-0.2, -0.15) is 0 Å². The Labute approximate surface area is 134 Å². The third-order valence-corrected chi connectivity index (χ3v) is 4.61. The van der Waals surface area contributed by atoms with Crippen LogP contribution in [0.5, 0.6) is 5.75 Å². The van der Waals surface area contributed by atoms with Gasteiger partial charge >= 0.3 is 0 Å². The maximum Gasteiger partial charge on any atom is 0.185 e. The molecule has 0 unspecified atom stereocenters. The largest absolute Gasteiger partial charge is 0.497 e. The molecule has 1 aromatic carbocycles. The summed E-state index contributed by atoms with van der Waals surface area (Å²) in [6.45, 7) is 0. The molecule has 3 heteroatoms. The van der Waals surface area contributed by atoms with Crippen LogP contribution in [0.2, 0.25) is 0 Å². The molecule has 1 fully saturated rings. The van der Waals surface area contributed by atoms with E-state index in [2.05, 4.69) is 0 Å². The van der Waals surface area contributed by atoms with E-state index in [1.807, 2.05) is 53.9 Å². The lowest BCUT2D eigenvalue weighted by Crippen LogP contribution is -2.12. The Bertz CT molecular complexity index is 706. The van der Waals surface area contributed by atoms with E-state index in [0.29, 0.717) is 0 Å². The molecule has 0 saturated heterocycles. The molecular weight excluding hydrogens is 292 g/mol. The Balaban J connectivity index is 1.84. The maximum atomic E-state index is 12.6. The molecular formula is C19H18O2S. The summed E-state index contributed by atoms with van der Waals surface area (Å²) < 4.78 is 5.16. The first-order chi connectivity index (χ1) is 10.8. The van der Waals surface area contributed by atoms with Gasteiger partial charge in [0.05, 0.1) is 7.11 Å². The molecule has 0 radical (unpaired) electrons. The predicted molar refractivity (Wildman–Crippen MR) is 92.1 cm³/mol. The topological polar surface area (TPSA) is 26.3 Å². The van der Waals surface area contributed by atoms with E-state index in [1.54, 1.807) is 18.4 Å². The van der Waals surface area contributed by atoms with Crippen molar-refractivity contribution in [2.24, 2.45) is 0 Å². The van der Waals surface area contributed by atoms with Crippen LogP contribution in [0.15, 0.2) is 52.9 Å². The molecule has 0 aliphatic heterocycles. The number of carbonyl (C=O) groups excluding carboxylic acids is 1. The van der Waals surface area contributed by atoms with Crippen molar-refractivity contribution in [2.45, 2.75) is 19.3 Å². The highest BCUT2D eigenvalue weighted by atomic mass is 32.1. The summed E-state index contributed by atoms with van der Waals surface area (Å²) in [6.07, 6.45) is 6.80. The summed E-state index contributed by atoms with van der Waals surface area (Å²) in [5.74, 6) is 1.02. The van der Waals surface area contributed by atoms with E-state index < -0.39 is 0 Å². The highest BCUT2D eigenvalue weighted by molar-refractivity contribution is 7.10. The van der Waals surface area contributed by atoms with Crippen molar-refractivity contribution in [3.63, 3.8) is 0 Å². The van der Waals surface area contributed by atoms with Crippen LogP contribution in [0, 0.1) is 0 Å². The van der Waals surface area contributed by atoms with Crippen LogP contribution in [0.25, 0.3) is 12.2 Å². The Kier molecular flexibility index (Phi) is 4.54. The van der Waals surface area contributed by atoms with Gasteiger partial charge in [0.2, 0.25) is 0 Å². The Morgan fingerprint density at radius 2 is 1.77 bits per heavy atom. The summed E-state index contributed by atoms with van der Waals surface area (Å²) in [7, 11) is 1.65. The minimum atomic E-state index is 0.190. The molecule has 1 aliphatic rings. The van der Waals surface area contributed by atoms with Gasteiger partial charge in [-0.3, -0.25) is 4.79 Å². The average molecular weight is 310 g/mol. The highest BCUT2D eigenvalue weighted by Gasteiger charge is 2.20. The Morgan fingerprint density at radius 3 is 2.41 bits per heavy atom. The van der Waals surface area contributed by atoms with Crippen molar-refractivity contribution >= 4 is 29.3 Å². The second-order valence-electron chi connectivity index (χ2n) is 5.31. The number of thiophene rings is 1. The van der Waals surface area contributed by atoms with Gasteiger partial charge in [-0.15, -0.1) is 11.3 Å². The lowest BCUT2D eigenvalue weighted by atomic mass is 9.87. The van der Waals surface area contributed by atoms with Crippen molar-refractivity contribution < 1.29 is 9.53 Å². The van der Waals surface area contributed by atoms with Crippen molar-refractivity contribution in [1.82, 2.24) is 0 Å². The zero-order chi connectivity index (χ0) is 15.4. The minimum Gasteiger partial charge on any atom is -0.497 e. The smallest absolute Gasteiger partial charge is 0.185 e. The minimum absolute atomic E-state index is 0.190. The first-order valence-electron chi connectivity index (χ1n) is 7.39. The van der Waals surface area contributed by atoms with E-state index in [4.69, 9.17) is 4.74 Å². The zero-order valence-corrected chi connectivity index (χ0v) is 13.4. The van der Waals surface area contributed by atoms with E-state index in [0.717, 1.165) is 46.6 Å². The van der Waals surface area contributed by atoms with Crippen molar-refractivity contribution in [2.75, 3.05) is 7.11 Å². The molecule has 0 N–H and O–H groups in total. The summed E-state index contributed by atoms with van der Waals surface area (Å²) in [6, 6.07) is 11.9. The molecule has 3 rings (SSSR count). The van der Waals surface area contributed by atoms with Gasteiger partial charge in [0.15, 0.2) is 5.78 Å². The van der Waals surface area contributed by atoms with E-state index in [9.17, 15) is 4.79 Å². The maximum absolute atomic E-state index is 12.6. The lowest BCUT2D eigenvalue weighted by Gasteiger charge is -2.16. The van der Waals surface area contributed by atoms with Gasteiger partial charge < -0.3 is 4.74 Å². The molecule has 2 nitrogen and oxygen atoms in total. The number of ether oxygens (including phenoxy) is 1. The number of carbonyl (C=O) groups is 1. The Hall–Kier alpha value is -2.13. The van der Waals surface area contributed by atoms with E-state index in [1.165, 1.54) is 0 Å². The molecule has 1 aromatic heterocycles. The summed E-state index contributed by atoms with van der Waals surface area (Å²) in [4.78, 5) is 13.8. The number of rotatable bonds is 3. The molecule has 0 bridgehead atoms. The summed E-state index contributed by atoms with van der Waals surface area (Å²) in [5, 5.41) is 2.04. The molecule has 1 saturated carbocycles. The fraction of sp³-hybridized carbons (Fsp3) is 0.211. The van der Waals surface area contributed by atoms with Crippen LogP contribution in [0.3, 0.4) is 0 Å². The van der Waals surface area contributed by atoms with Crippen molar-refractivity contribution in [1.29, 1.82) is 0 Å². The van der Waals surface area contributed by atoms with E-state index in [-0.39, 0.29) is 5.78 Å². The molecule has 1 heterocycles. The first kappa shape index (κ1) is 14.8. The predicted octanol–water partition coefficient (Wildman–Crippen LogP) is 4.98. The quantitative estimate of drug-likeness (QED) is 0.748. The number of hydrogen-bond donors (Lipinski definition) is 0. The molecule has 1 aliphatic carbocycles. The normalized spacial score (nSPS) is 18.9. The lowest BCUT2D eigenvalue weighted by molar-refractivity contribution is -0.112. The molecule has 0 spiro atoms. The molecule has 2 aromatic rings. The fourth-order valence-corrected chi connectivity index (χ4v) is 3.31. The molecule has 0 atom stereocenters. The van der Waals surface area contributed by atoms with Crippen molar-refractivity contribution in [3.8, 4) is 5.75 Å². The molecule has 22 heavy (non-hydrogen) atoms. The van der Waals surface area contributed by atoms with Gasteiger partial charge in [0.25, 0.3) is 0 Å². The Morgan fingerprint density at radius 1 is 1.05 bits per heavy atom. The summed E-state index contributed by atoms with van der Waals surface area (Å²) >= 11 is 1.67. The number of Topliss-reactive ketones (excluding diaryl/α,β-unsaturated/α-hetero) is 1. The standard InChI is InChI=1S/C19H18O2S/c1-21-17-9-7-14(8-10-17)12-15-4-2-5-16(19(15)20)13-18-6-3-11-22-18/h3,6-13H,2,4-5H2,1H3. The average Bonchev–Trinajstić information content (AvgIpc) is 3.05. The van der Waals surface area contributed by atoms with Crippen LogP contribution >= 0.6 is 11.3 Å². The van der Waals surface area contributed by atoms with Crippen molar-refractivity contribution in [3.05, 3.63) is 63.4 Å². The van der Waals surface area contributed by atoms with Crippen LogP contribution in [-0.2, 0) is 4.79 Å². The van der Waals surface area contributed by atoms with Crippen LogP contribution in [0.1, 0.15) is 29.7 Å². The number of benzene rings is 1. The second-order valence-corrected chi connectivity index (χ2v) is 6.29. The SMILES string of the molecule is COc1ccc(C=C2CCCC(=Cc3cccs3)C2=O)cc1. The fourth-order valence-electron chi connectivity index (χ4n) is 2.62. The number of ketones is 1. The zero-order valence-electron chi connectivity index (χ0n) is 12.5. The monoisotopic (exact) mass is 310 g/mol. The first-order valence-corrected chi connectivity index (χ1v) is 8.27. The second kappa shape index (κ2) is 6.75. The van der Waals surface area contributed by atoms with E-state index >= 15 is 0 Å². The van der Waals surface area contributed by atoms with Gasteiger partial charge in [-0.1, -0.05) is 18.2 Å². The highest BCUT2D eigenvalue weighted by Crippen LogP contribution is 2.29.